The van der Waals surface area contributed by atoms with Crippen LogP contribution in [0.1, 0.15) is 164 Å². The molecule has 0 N–H and O–H groups in total. The first-order valence-electron chi connectivity index (χ1n) is 42.2. The van der Waals surface area contributed by atoms with Gasteiger partial charge in [-0.05, 0) is 205 Å². The zero-order valence-electron chi connectivity index (χ0n) is 71.9. The van der Waals surface area contributed by atoms with Crippen LogP contribution in [0.2, 0.25) is 30.1 Å². The molecule has 642 valence electrons. The van der Waals surface area contributed by atoms with Crippen molar-refractivity contribution in [3.63, 3.8) is 0 Å². The average molecular weight is 1750 g/mol. The monoisotopic (exact) mass is 1750 g/mol. The third kappa shape index (κ3) is 26.7. The van der Waals surface area contributed by atoms with Crippen molar-refractivity contribution in [2.75, 3.05) is 157 Å². The highest BCUT2D eigenvalue weighted by Gasteiger charge is 2.34. The van der Waals surface area contributed by atoms with Gasteiger partial charge in [0.25, 0.3) is 23.6 Å². The lowest BCUT2D eigenvalue weighted by Gasteiger charge is -2.41. The number of aryl methyl sites for hydroxylation is 4. The van der Waals surface area contributed by atoms with Crippen LogP contribution in [0.15, 0.2) is 157 Å². The van der Waals surface area contributed by atoms with Crippen LogP contribution in [0.25, 0.3) is 0 Å². The molecule has 0 bridgehead atoms. The highest BCUT2D eigenvalue weighted by atomic mass is 35.5. The maximum absolute atomic E-state index is 12.5. The topological polar surface area (TPSA) is 141 Å². The molecule has 0 atom stereocenters. The molecule has 4 amide bonds. The number of benzene rings is 7. The summed E-state index contributed by atoms with van der Waals surface area (Å²) in [6.07, 6.45) is 2.32. The van der Waals surface area contributed by atoms with Crippen molar-refractivity contribution < 1.29 is 27.6 Å². The number of fused-ring (bicyclic) bond motifs is 2. The highest BCUT2D eigenvalue weighted by Crippen LogP contribution is 2.38. The summed E-state index contributed by atoms with van der Waals surface area (Å²) in [6.45, 7) is 51.4. The van der Waals surface area contributed by atoms with E-state index < -0.39 is 10.0 Å². The highest BCUT2D eigenvalue weighted by molar-refractivity contribution is 7.89. The van der Waals surface area contributed by atoms with Crippen LogP contribution in [-0.2, 0) is 22.9 Å². The number of halogens is 6. The molecular weight excluding hydrogens is 1630 g/mol. The van der Waals surface area contributed by atoms with E-state index in [4.69, 9.17) is 69.6 Å². The van der Waals surface area contributed by atoms with Gasteiger partial charge in [0.05, 0.1) is 47.2 Å². The van der Waals surface area contributed by atoms with Gasteiger partial charge >= 0.3 is 0 Å². The Morgan fingerprint density at radius 2 is 0.678 bits per heavy atom. The van der Waals surface area contributed by atoms with E-state index in [1.807, 2.05) is 69.8 Å². The first kappa shape index (κ1) is 95.6. The first-order valence-corrected chi connectivity index (χ1v) is 45.9. The first-order chi connectivity index (χ1) is 56.2. The lowest BCUT2D eigenvalue weighted by Crippen LogP contribution is -2.50. The van der Waals surface area contributed by atoms with Crippen LogP contribution in [0.5, 0.6) is 0 Å². The summed E-state index contributed by atoms with van der Waals surface area (Å²) < 4.78 is 26.6. The fourth-order valence-corrected chi connectivity index (χ4v) is 18.4. The second-order valence-electron chi connectivity index (χ2n) is 33.2. The van der Waals surface area contributed by atoms with Gasteiger partial charge in [0.15, 0.2) is 0 Å². The third-order valence-corrected chi connectivity index (χ3v) is 27.6. The van der Waals surface area contributed by atoms with Crippen molar-refractivity contribution in [3.05, 3.63) is 237 Å². The molecule has 0 saturated carbocycles. The van der Waals surface area contributed by atoms with Crippen molar-refractivity contribution in [2.24, 2.45) is 0 Å². The Balaban J connectivity index is 0.000000162. The number of nitrogens with zero attached hydrogens (tertiary/aromatic N) is 12. The molecule has 6 fully saturated rings. The van der Waals surface area contributed by atoms with Gasteiger partial charge in [0.2, 0.25) is 10.0 Å². The summed E-state index contributed by atoms with van der Waals surface area (Å²) >= 11 is 35.8. The molecule has 0 unspecified atom stereocenters. The third-order valence-electron chi connectivity index (χ3n) is 23.6. The summed E-state index contributed by atoms with van der Waals surface area (Å²) in [5.41, 5.74) is 10.8. The molecule has 6 aliphatic heterocycles. The Morgan fingerprint density at radius 3 is 1.08 bits per heavy atom. The summed E-state index contributed by atoms with van der Waals surface area (Å²) in [7, 11) is -3.32. The van der Waals surface area contributed by atoms with Crippen LogP contribution in [0, 0.1) is 13.8 Å². The zero-order valence-corrected chi connectivity index (χ0v) is 77.2. The number of sulfonamides is 1. The molecule has 1 aliphatic carbocycles. The predicted octanol–water partition coefficient (Wildman–Crippen LogP) is 17.3. The van der Waals surface area contributed by atoms with Gasteiger partial charge in [-0.15, -0.1) is 0 Å². The predicted molar refractivity (Wildman–Crippen MR) is 488 cm³/mol. The van der Waals surface area contributed by atoms with E-state index in [0.717, 1.165) is 155 Å². The lowest BCUT2D eigenvalue weighted by atomic mass is 9.92. The van der Waals surface area contributed by atoms with E-state index in [9.17, 15) is 27.6 Å². The van der Waals surface area contributed by atoms with Gasteiger partial charge in [-0.3, -0.25) is 53.5 Å². The van der Waals surface area contributed by atoms with Crippen molar-refractivity contribution in [1.82, 2.24) is 58.2 Å². The number of carbonyl (C=O) groups is 4. The molecule has 6 saturated heterocycles. The normalized spacial score (nSPS) is 17.9. The van der Waals surface area contributed by atoms with Crippen molar-refractivity contribution in [3.8, 4) is 0 Å². The van der Waals surface area contributed by atoms with E-state index in [1.54, 1.807) is 71.0 Å². The van der Waals surface area contributed by atoms with Crippen molar-refractivity contribution in [1.29, 1.82) is 0 Å². The standard InChI is InChI=1S/C22H28N2.C15H22N2O.3C14H18Cl2N2O.C14H22N2O2S/c1-17(2)23-13-15-24(16-14-23)22-20-9-5-3-7-18(20)11-12-19-8-4-6-10-21(19)22;1-12(2)16-8-10-17(11-9-16)15(18)14-6-4-13(3)5-7-14;1-10(2)17-5-7-18(8-6-17)14(19)12-4-3-11(15)9-13(12)16;1-10(2)17-5-7-18(8-6-17)14(19)11-3-4-12(15)13(16)9-11;1-10(2)17-6-8-18(9-7-17)14(19)11-4-3-5-12(15)13(11)16;1-12(2)15-8-10-16(11-9-15)19(17,18)14-6-4-13(3)5-7-14/h3-10,17,22H,11-16H2,1-2H3;4-7,12H,8-11H2,1-3H3;2*3-4,9-10H,5-8H2,1-2H3;3-5,10H,6-9H2,1-2H3;4-7,12H,8-11H2,1-3H3. The molecule has 0 spiro atoms. The van der Waals surface area contributed by atoms with Crippen LogP contribution >= 0.6 is 69.6 Å². The van der Waals surface area contributed by atoms with Crippen LogP contribution in [0.3, 0.4) is 0 Å². The second kappa shape index (κ2) is 45.8. The molecular formula is C93H126Cl6N12O6S. The fraction of sp³-hybridized carbons (Fsp3) is 0.505. The molecule has 0 radical (unpaired) electrons. The molecule has 0 aromatic heterocycles. The number of rotatable bonds is 13. The van der Waals surface area contributed by atoms with E-state index >= 15 is 0 Å². The largest absolute Gasteiger partial charge is 0.336 e. The SMILES string of the molecule is CC(C)N1CCN(C(=O)c2ccc(Cl)c(Cl)c2)CC1.CC(C)N1CCN(C(=O)c2ccc(Cl)cc2Cl)CC1.CC(C)N1CCN(C(=O)c2cccc(Cl)c2Cl)CC1.CC(C)N1CCN(C2c3ccccc3CCc3ccccc32)CC1.Cc1ccc(C(=O)N2CCN(C(C)C)CC2)cc1.Cc1ccc(S(=O)(=O)N2CCN(C(C)C)CC2)cc1. The zero-order chi connectivity index (χ0) is 85.7. The van der Waals surface area contributed by atoms with Gasteiger partial charge < -0.3 is 19.6 Å². The van der Waals surface area contributed by atoms with E-state index in [0.29, 0.717) is 107 Å². The maximum atomic E-state index is 12.5. The van der Waals surface area contributed by atoms with Gasteiger partial charge in [-0.2, -0.15) is 4.31 Å². The molecule has 7 aromatic carbocycles. The number of piperazine rings is 6. The molecule has 118 heavy (non-hydrogen) atoms. The molecule has 7 aliphatic rings. The number of hydrogen-bond acceptors (Lipinski definition) is 13. The number of carbonyl (C=O) groups excluding carboxylic acids is 4. The van der Waals surface area contributed by atoms with Crippen LogP contribution < -0.4 is 0 Å². The van der Waals surface area contributed by atoms with Crippen molar-refractivity contribution >= 4 is 103 Å². The molecule has 18 nitrogen and oxygen atoms in total. The smallest absolute Gasteiger partial charge is 0.255 e. The molecule has 6 heterocycles. The molecule has 14 rings (SSSR count). The summed E-state index contributed by atoms with van der Waals surface area (Å²) in [6, 6.07) is 52.0. The van der Waals surface area contributed by atoms with Gasteiger partial charge in [-0.25, -0.2) is 8.42 Å². The minimum atomic E-state index is -3.32. The molecule has 25 heteroatoms. The lowest BCUT2D eigenvalue weighted by molar-refractivity contribution is 0.0590. The minimum Gasteiger partial charge on any atom is -0.336 e. The maximum Gasteiger partial charge on any atom is 0.255 e. The van der Waals surface area contributed by atoms with E-state index in [2.05, 4.69) is 166 Å². The van der Waals surface area contributed by atoms with Crippen LogP contribution in [0.4, 0.5) is 0 Å². The van der Waals surface area contributed by atoms with Gasteiger partial charge in [0.1, 0.15) is 0 Å². The number of hydrogen-bond donors (Lipinski definition) is 0. The van der Waals surface area contributed by atoms with Gasteiger partial charge in [0, 0.05) is 209 Å². The van der Waals surface area contributed by atoms with E-state index in [1.165, 1.54) is 40.9 Å². The average Bonchev–Trinajstić information content (AvgIpc) is 1.09. The Labute approximate surface area is 735 Å². The van der Waals surface area contributed by atoms with E-state index in [-0.39, 0.29) is 23.6 Å². The van der Waals surface area contributed by atoms with Crippen LogP contribution in [-0.4, -0.2) is 284 Å². The Kier molecular flexibility index (Phi) is 37.1. The fourth-order valence-electron chi connectivity index (χ4n) is 15.8. The second-order valence-corrected chi connectivity index (χ2v) is 37.6. The Bertz CT molecular complexity index is 4440. The Morgan fingerprint density at radius 1 is 0.322 bits per heavy atom. The summed E-state index contributed by atoms with van der Waals surface area (Å²) in [5, 5.41) is 2.64. The van der Waals surface area contributed by atoms with Crippen molar-refractivity contribution in [2.45, 2.75) is 157 Å². The summed E-state index contributed by atoms with van der Waals surface area (Å²) in [4.78, 5) is 74.5. The number of amides is 4. The quantitative estimate of drug-likeness (QED) is 0.108. The van der Waals surface area contributed by atoms with Gasteiger partial charge in [-0.1, -0.05) is 160 Å². The Hall–Kier alpha value is -6.21. The minimum absolute atomic E-state index is 0.00919. The summed E-state index contributed by atoms with van der Waals surface area (Å²) in [5.74, 6) is 0.154. The molecule has 7 aromatic rings.